The molecule has 7 nitrogen and oxygen atoms in total. The molecule has 0 unspecified atom stereocenters. The van der Waals surface area contributed by atoms with E-state index in [4.69, 9.17) is 9.47 Å². The third-order valence-electron chi connectivity index (χ3n) is 7.36. The molecule has 2 saturated heterocycles. The minimum absolute atomic E-state index is 0.128. The number of likely N-dealkylation sites (tertiary alicyclic amines) is 1. The van der Waals surface area contributed by atoms with Crippen LogP contribution in [0.4, 0.5) is 0 Å². The van der Waals surface area contributed by atoms with Gasteiger partial charge in [0.15, 0.2) is 0 Å². The largest absolute Gasteiger partial charge is 0.508 e. The van der Waals surface area contributed by atoms with Gasteiger partial charge in [-0.2, -0.15) is 0 Å². The van der Waals surface area contributed by atoms with Crippen LogP contribution >= 0.6 is 0 Å². The molecule has 0 spiro atoms. The molecule has 34 heavy (non-hydrogen) atoms. The molecule has 7 heteroatoms. The molecule has 2 aliphatic rings. The van der Waals surface area contributed by atoms with Crippen molar-refractivity contribution in [1.29, 1.82) is 0 Å². The molecular weight excluding hydrogens is 432 g/mol. The highest BCUT2D eigenvalue weighted by Crippen LogP contribution is 2.38. The van der Waals surface area contributed by atoms with E-state index in [-0.39, 0.29) is 51.2 Å². The molecule has 1 aromatic carbocycles. The number of ether oxygens (including phenoxy) is 2. The van der Waals surface area contributed by atoms with Gasteiger partial charge in [0.2, 0.25) is 0 Å². The number of nitrogens with zero attached hydrogens (tertiary/aromatic N) is 1. The Hall–Kier alpha value is -2.12. The van der Waals surface area contributed by atoms with E-state index in [0.29, 0.717) is 25.7 Å². The number of hydrogen-bond donors (Lipinski definition) is 2. The van der Waals surface area contributed by atoms with E-state index >= 15 is 0 Å². The number of phenolic OH excluding ortho intramolecular Hbond substituents is 1. The summed E-state index contributed by atoms with van der Waals surface area (Å²) in [6, 6.07) is 4.12. The number of phenols is 1. The predicted octanol–water partition coefficient (Wildman–Crippen LogP) is 4.67. The van der Waals surface area contributed by atoms with Crippen LogP contribution in [0.2, 0.25) is 0 Å². The molecule has 0 radical (unpaired) electrons. The number of piperidine rings is 2. The monoisotopic (exact) mass is 474 g/mol. The standard InChI is InChI=1S/C27H42N2O5/c1-24(2)13-20(14-25(3,4)28-24)33-22(31)17-10-18(12-19(30)11-17)23(32)34-21-15-26(5,6)29(9)27(7,8)16-21/h10-12,20-21,28,30H,13-16H2,1-9H3. The van der Waals surface area contributed by atoms with E-state index in [2.05, 4.69) is 72.7 Å². The Morgan fingerprint density at radius 2 is 1.18 bits per heavy atom. The van der Waals surface area contributed by atoms with Crippen LogP contribution in [0, 0.1) is 0 Å². The average molecular weight is 475 g/mol. The second-order valence-electron chi connectivity index (χ2n) is 12.7. The van der Waals surface area contributed by atoms with E-state index in [1.807, 2.05) is 0 Å². The minimum atomic E-state index is -0.551. The van der Waals surface area contributed by atoms with Crippen LogP contribution < -0.4 is 5.32 Å². The Kier molecular flexibility index (Phi) is 6.88. The van der Waals surface area contributed by atoms with Crippen LogP contribution in [-0.2, 0) is 9.47 Å². The second-order valence-corrected chi connectivity index (χ2v) is 12.7. The second kappa shape index (κ2) is 8.83. The Labute approximate surface area is 204 Å². The summed E-state index contributed by atoms with van der Waals surface area (Å²) in [5, 5.41) is 13.8. The fraction of sp³-hybridized carbons (Fsp3) is 0.704. The first kappa shape index (κ1) is 26.5. The Balaban J connectivity index is 1.73. The molecule has 2 heterocycles. The zero-order valence-electron chi connectivity index (χ0n) is 22.2. The number of rotatable bonds is 4. The van der Waals surface area contributed by atoms with Gasteiger partial charge in [0.25, 0.3) is 0 Å². The summed E-state index contributed by atoms with van der Waals surface area (Å²) < 4.78 is 11.7. The summed E-state index contributed by atoms with van der Waals surface area (Å²) in [6.07, 6.45) is 2.24. The lowest BCUT2D eigenvalue weighted by atomic mass is 9.79. The first-order chi connectivity index (χ1) is 15.4. The number of hydrogen-bond acceptors (Lipinski definition) is 7. The van der Waals surface area contributed by atoms with E-state index in [0.717, 1.165) is 0 Å². The number of carbonyl (C=O) groups is 2. The van der Waals surface area contributed by atoms with Gasteiger partial charge in [-0.15, -0.1) is 0 Å². The Morgan fingerprint density at radius 1 is 0.794 bits per heavy atom. The highest BCUT2D eigenvalue weighted by Gasteiger charge is 2.44. The van der Waals surface area contributed by atoms with Crippen molar-refractivity contribution >= 4 is 11.9 Å². The number of aromatic hydroxyl groups is 1. The van der Waals surface area contributed by atoms with Crippen molar-refractivity contribution in [2.75, 3.05) is 7.05 Å². The molecule has 0 bridgehead atoms. The zero-order valence-corrected chi connectivity index (χ0v) is 22.2. The van der Waals surface area contributed by atoms with E-state index in [9.17, 15) is 14.7 Å². The summed E-state index contributed by atoms with van der Waals surface area (Å²) in [5.41, 5.74) is -0.308. The van der Waals surface area contributed by atoms with Gasteiger partial charge >= 0.3 is 11.9 Å². The maximum absolute atomic E-state index is 13.0. The maximum Gasteiger partial charge on any atom is 0.338 e. The first-order valence-electron chi connectivity index (χ1n) is 12.2. The number of carbonyl (C=O) groups excluding carboxylic acids is 2. The fourth-order valence-electron chi connectivity index (χ4n) is 5.96. The summed E-state index contributed by atoms with van der Waals surface area (Å²) in [4.78, 5) is 28.3. The van der Waals surface area contributed by atoms with Gasteiger partial charge in [-0.3, -0.25) is 4.90 Å². The van der Waals surface area contributed by atoms with Gasteiger partial charge in [-0.25, -0.2) is 9.59 Å². The third-order valence-corrected chi connectivity index (χ3v) is 7.36. The molecule has 0 amide bonds. The van der Waals surface area contributed by atoms with Crippen molar-refractivity contribution in [1.82, 2.24) is 10.2 Å². The molecule has 2 aliphatic heterocycles. The van der Waals surface area contributed by atoms with Crippen molar-refractivity contribution < 1.29 is 24.2 Å². The first-order valence-corrected chi connectivity index (χ1v) is 12.2. The van der Waals surface area contributed by atoms with Crippen molar-refractivity contribution in [2.45, 2.75) is 115 Å². The quantitative estimate of drug-likeness (QED) is 0.613. The summed E-state index contributed by atoms with van der Waals surface area (Å²) in [5.74, 6) is -1.27. The fourth-order valence-corrected chi connectivity index (χ4v) is 5.96. The smallest absolute Gasteiger partial charge is 0.338 e. The summed E-state index contributed by atoms with van der Waals surface area (Å²) in [6.45, 7) is 16.9. The Bertz CT molecular complexity index is 916. The van der Waals surface area contributed by atoms with Gasteiger partial charge in [0.1, 0.15) is 18.0 Å². The number of benzene rings is 1. The van der Waals surface area contributed by atoms with E-state index < -0.39 is 11.9 Å². The van der Waals surface area contributed by atoms with Crippen LogP contribution in [0.15, 0.2) is 18.2 Å². The van der Waals surface area contributed by atoms with E-state index in [1.54, 1.807) is 0 Å². The van der Waals surface area contributed by atoms with Crippen molar-refractivity contribution in [3.8, 4) is 5.75 Å². The molecule has 190 valence electrons. The maximum atomic E-state index is 13.0. The molecule has 3 rings (SSSR count). The van der Waals surface area contributed by atoms with Gasteiger partial charge < -0.3 is 19.9 Å². The van der Waals surface area contributed by atoms with Crippen LogP contribution in [0.25, 0.3) is 0 Å². The summed E-state index contributed by atoms with van der Waals surface area (Å²) >= 11 is 0. The molecular formula is C27H42N2O5. The van der Waals surface area contributed by atoms with Crippen LogP contribution in [0.5, 0.6) is 5.75 Å². The summed E-state index contributed by atoms with van der Waals surface area (Å²) in [7, 11) is 2.09. The lowest BCUT2D eigenvalue weighted by Crippen LogP contribution is -2.60. The average Bonchev–Trinajstić information content (AvgIpc) is 2.62. The SMILES string of the molecule is CN1C(C)(C)CC(OC(=O)c2cc(O)cc(C(=O)OC3CC(C)(C)NC(C)(C)C3)c2)CC1(C)C. The molecule has 0 aromatic heterocycles. The molecule has 2 N–H and O–H groups in total. The van der Waals surface area contributed by atoms with Gasteiger partial charge in [0, 0.05) is 47.8 Å². The molecule has 0 aliphatic carbocycles. The molecule has 0 atom stereocenters. The predicted molar refractivity (Wildman–Crippen MR) is 132 cm³/mol. The molecule has 1 aromatic rings. The van der Waals surface area contributed by atoms with Gasteiger partial charge in [-0.1, -0.05) is 0 Å². The Morgan fingerprint density at radius 3 is 1.59 bits per heavy atom. The minimum Gasteiger partial charge on any atom is -0.508 e. The van der Waals surface area contributed by atoms with Crippen LogP contribution in [-0.4, -0.2) is 63.4 Å². The third kappa shape index (κ3) is 6.11. The lowest BCUT2D eigenvalue weighted by molar-refractivity contribution is -0.0732. The van der Waals surface area contributed by atoms with E-state index in [1.165, 1.54) is 18.2 Å². The highest BCUT2D eigenvalue weighted by molar-refractivity contribution is 5.96. The van der Waals surface area contributed by atoms with Crippen LogP contribution in [0.1, 0.15) is 102 Å². The zero-order chi connectivity index (χ0) is 25.7. The van der Waals surface area contributed by atoms with Gasteiger partial charge in [0.05, 0.1) is 11.1 Å². The highest BCUT2D eigenvalue weighted by atomic mass is 16.5. The van der Waals surface area contributed by atoms with Crippen molar-refractivity contribution in [2.24, 2.45) is 0 Å². The van der Waals surface area contributed by atoms with Crippen molar-refractivity contribution in [3.63, 3.8) is 0 Å². The van der Waals surface area contributed by atoms with Crippen LogP contribution in [0.3, 0.4) is 0 Å². The number of nitrogens with one attached hydrogen (secondary N) is 1. The lowest BCUT2D eigenvalue weighted by Gasteiger charge is -2.53. The van der Waals surface area contributed by atoms with Crippen molar-refractivity contribution in [3.05, 3.63) is 29.3 Å². The molecule has 0 saturated carbocycles. The topological polar surface area (TPSA) is 88.1 Å². The van der Waals surface area contributed by atoms with Gasteiger partial charge in [-0.05, 0) is 80.6 Å². The molecule has 2 fully saturated rings. The number of esters is 2. The normalized spacial score (nSPS) is 24.4.